The van der Waals surface area contributed by atoms with Gasteiger partial charge in [-0.1, -0.05) is 0 Å². The Hall–Kier alpha value is -0.960. The highest BCUT2D eigenvalue weighted by atomic mass is 32.1. The Morgan fingerprint density at radius 3 is 3.30 bits per heavy atom. The van der Waals surface area contributed by atoms with Crippen molar-refractivity contribution < 1.29 is 4.39 Å². The first-order valence-corrected chi connectivity index (χ1v) is 3.56. The smallest absolute Gasteiger partial charge is 0.124 e. The van der Waals surface area contributed by atoms with Crippen molar-refractivity contribution in [3.8, 4) is 0 Å². The van der Waals surface area contributed by atoms with E-state index in [-0.39, 0.29) is 5.82 Å². The molecular formula is C7H3FNS. The van der Waals surface area contributed by atoms with Crippen molar-refractivity contribution in [1.29, 1.82) is 0 Å². The van der Waals surface area contributed by atoms with Crippen LogP contribution in [0.5, 0.6) is 0 Å². The molecule has 0 saturated carbocycles. The summed E-state index contributed by atoms with van der Waals surface area (Å²) < 4.78 is 17.1. The molecule has 3 heteroatoms. The maximum atomic E-state index is 12.5. The highest BCUT2D eigenvalue weighted by Crippen LogP contribution is 2.17. The third-order valence-corrected chi connectivity index (χ3v) is 1.97. The largest absolute Gasteiger partial charge is 0.207 e. The predicted octanol–water partition coefficient (Wildman–Crippen LogP) is 2.24. The Morgan fingerprint density at radius 2 is 2.40 bits per heavy atom. The van der Waals surface area contributed by atoms with Gasteiger partial charge in [-0.3, -0.25) is 0 Å². The lowest BCUT2D eigenvalue weighted by Crippen LogP contribution is -1.68. The third-order valence-electron chi connectivity index (χ3n) is 1.25. The van der Waals surface area contributed by atoms with Gasteiger partial charge in [0.1, 0.15) is 12.0 Å². The maximum Gasteiger partial charge on any atom is 0.124 e. The minimum absolute atomic E-state index is 0.217. The van der Waals surface area contributed by atoms with Crippen LogP contribution in [0.2, 0.25) is 0 Å². The Labute approximate surface area is 61.3 Å². The molecule has 0 aliphatic rings. The second-order valence-corrected chi connectivity index (χ2v) is 2.74. The van der Waals surface area contributed by atoms with Crippen LogP contribution in [-0.2, 0) is 0 Å². The molecule has 0 aliphatic heterocycles. The molecule has 0 amide bonds. The first-order chi connectivity index (χ1) is 4.86. The first-order valence-electron chi connectivity index (χ1n) is 2.79. The number of halogens is 1. The molecule has 1 aromatic heterocycles. The Bertz CT molecular complexity index is 355. The fourth-order valence-corrected chi connectivity index (χ4v) is 1.40. The molecule has 1 heterocycles. The van der Waals surface area contributed by atoms with E-state index >= 15 is 0 Å². The van der Waals surface area contributed by atoms with Crippen LogP contribution in [0, 0.1) is 12.0 Å². The van der Waals surface area contributed by atoms with E-state index < -0.39 is 0 Å². The molecule has 0 saturated heterocycles. The van der Waals surface area contributed by atoms with Crippen molar-refractivity contribution in [2.75, 3.05) is 0 Å². The summed E-state index contributed by atoms with van der Waals surface area (Å²) >= 11 is 1.26. The number of benzene rings is 1. The van der Waals surface area contributed by atoms with E-state index in [1.54, 1.807) is 6.07 Å². The van der Waals surface area contributed by atoms with Gasteiger partial charge in [0.15, 0.2) is 0 Å². The Kier molecular flexibility index (Phi) is 1.17. The van der Waals surface area contributed by atoms with E-state index in [0.717, 1.165) is 10.1 Å². The average Bonchev–Trinajstić information content (AvgIpc) is 2.33. The fraction of sp³-hybridized carbons (Fsp3) is 0. The summed E-state index contributed by atoms with van der Waals surface area (Å²) in [6.45, 7) is 0. The van der Waals surface area contributed by atoms with Crippen LogP contribution in [0.15, 0.2) is 18.2 Å². The summed E-state index contributed by atoms with van der Waals surface area (Å²) in [7, 11) is 0. The quantitative estimate of drug-likeness (QED) is 0.564. The van der Waals surface area contributed by atoms with Gasteiger partial charge in [0.05, 0.1) is 4.70 Å². The molecule has 2 rings (SSSR count). The van der Waals surface area contributed by atoms with Crippen molar-refractivity contribution in [3.63, 3.8) is 0 Å². The van der Waals surface area contributed by atoms with Gasteiger partial charge >= 0.3 is 0 Å². The van der Waals surface area contributed by atoms with E-state index in [2.05, 4.69) is 10.6 Å². The molecule has 0 atom stereocenters. The van der Waals surface area contributed by atoms with Crippen LogP contribution >= 0.6 is 11.5 Å². The molecule has 2 aromatic rings. The number of hydrogen-bond donors (Lipinski definition) is 0. The zero-order valence-corrected chi connectivity index (χ0v) is 5.78. The van der Waals surface area contributed by atoms with Gasteiger partial charge in [-0.2, -0.15) is 4.37 Å². The van der Waals surface area contributed by atoms with Gasteiger partial charge in [0.25, 0.3) is 0 Å². The van der Waals surface area contributed by atoms with Gasteiger partial charge in [0, 0.05) is 5.39 Å². The van der Waals surface area contributed by atoms with E-state index in [9.17, 15) is 4.39 Å². The number of nitrogens with zero attached hydrogens (tertiary/aromatic N) is 1. The van der Waals surface area contributed by atoms with Crippen molar-refractivity contribution in [1.82, 2.24) is 4.37 Å². The lowest BCUT2D eigenvalue weighted by molar-refractivity contribution is 0.630. The van der Waals surface area contributed by atoms with Crippen LogP contribution in [-0.4, -0.2) is 4.37 Å². The van der Waals surface area contributed by atoms with Crippen molar-refractivity contribution in [2.24, 2.45) is 0 Å². The summed E-state index contributed by atoms with van der Waals surface area (Å²) in [5, 5.41) is 0.881. The minimum atomic E-state index is -0.217. The molecule has 0 aliphatic carbocycles. The van der Waals surface area contributed by atoms with Crippen LogP contribution in [0.3, 0.4) is 0 Å². The molecule has 1 nitrogen and oxygen atoms in total. The van der Waals surface area contributed by atoms with E-state index in [0.29, 0.717) is 0 Å². The highest BCUT2D eigenvalue weighted by molar-refractivity contribution is 7.13. The summed E-state index contributed by atoms with van der Waals surface area (Å²) in [6, 6.07) is 4.55. The summed E-state index contributed by atoms with van der Waals surface area (Å²) in [5.74, 6) is -0.217. The molecule has 0 N–H and O–H groups in total. The van der Waals surface area contributed by atoms with E-state index in [4.69, 9.17) is 0 Å². The Morgan fingerprint density at radius 1 is 1.50 bits per heavy atom. The number of rotatable bonds is 0. The maximum absolute atomic E-state index is 12.5. The molecule has 0 spiro atoms. The average molecular weight is 152 g/mol. The second-order valence-electron chi connectivity index (χ2n) is 1.93. The molecule has 1 radical (unpaired) electrons. The van der Waals surface area contributed by atoms with Crippen LogP contribution in [0.25, 0.3) is 10.1 Å². The standard InChI is InChI=1S/C7H3FNS/c8-6-2-1-5-4-9-10-7(5)3-6/h1-3H. The van der Waals surface area contributed by atoms with E-state index in [1.165, 1.54) is 23.7 Å². The van der Waals surface area contributed by atoms with Crippen molar-refractivity contribution in [2.45, 2.75) is 0 Å². The molecule has 10 heavy (non-hydrogen) atoms. The Balaban J connectivity index is 2.86. The van der Waals surface area contributed by atoms with Crippen LogP contribution in [0.1, 0.15) is 0 Å². The zero-order chi connectivity index (χ0) is 6.97. The topological polar surface area (TPSA) is 12.9 Å². The van der Waals surface area contributed by atoms with Crippen LogP contribution < -0.4 is 0 Å². The lowest BCUT2D eigenvalue weighted by Gasteiger charge is -1.85. The highest BCUT2D eigenvalue weighted by Gasteiger charge is 1.96. The normalized spacial score (nSPS) is 10.5. The van der Waals surface area contributed by atoms with E-state index in [1.807, 2.05) is 0 Å². The fourth-order valence-electron chi connectivity index (χ4n) is 0.785. The minimum Gasteiger partial charge on any atom is -0.207 e. The molecule has 1 aromatic carbocycles. The SMILES string of the molecule is Fc1ccc2[c]nsc2c1. The van der Waals surface area contributed by atoms with Crippen molar-refractivity contribution >= 4 is 21.6 Å². The lowest BCUT2D eigenvalue weighted by atomic mass is 10.3. The van der Waals surface area contributed by atoms with Gasteiger partial charge in [-0.15, -0.1) is 0 Å². The van der Waals surface area contributed by atoms with Crippen LogP contribution in [0.4, 0.5) is 4.39 Å². The monoisotopic (exact) mass is 152 g/mol. The predicted molar refractivity (Wildman–Crippen MR) is 38.4 cm³/mol. The second kappa shape index (κ2) is 2.02. The molecule has 0 unspecified atom stereocenters. The summed E-state index contributed by atoms with van der Waals surface area (Å²) in [6.07, 6.45) is 2.75. The van der Waals surface area contributed by atoms with Gasteiger partial charge in [0.2, 0.25) is 0 Å². The number of aromatic nitrogens is 1. The molecule has 0 bridgehead atoms. The number of hydrogen-bond acceptors (Lipinski definition) is 2. The summed E-state index contributed by atoms with van der Waals surface area (Å²) in [4.78, 5) is 0. The molecule has 49 valence electrons. The molecular weight excluding hydrogens is 149 g/mol. The number of fused-ring (bicyclic) bond motifs is 1. The van der Waals surface area contributed by atoms with Crippen molar-refractivity contribution in [3.05, 3.63) is 30.2 Å². The van der Waals surface area contributed by atoms with Gasteiger partial charge in [-0.05, 0) is 29.7 Å². The third kappa shape index (κ3) is 0.789. The summed E-state index contributed by atoms with van der Waals surface area (Å²) in [5.41, 5.74) is 0. The first kappa shape index (κ1) is 5.80. The molecule has 0 fully saturated rings. The van der Waals surface area contributed by atoms with Gasteiger partial charge in [-0.25, -0.2) is 4.39 Å². The van der Waals surface area contributed by atoms with Gasteiger partial charge < -0.3 is 0 Å². The zero-order valence-electron chi connectivity index (χ0n) is 4.97.